The van der Waals surface area contributed by atoms with Crippen LogP contribution in [0, 0.1) is 17.0 Å². The lowest BCUT2D eigenvalue weighted by Gasteiger charge is -2.21. The minimum Gasteiger partial charge on any atom is -0.359 e. The Kier molecular flexibility index (Phi) is 4.30. The summed E-state index contributed by atoms with van der Waals surface area (Å²) >= 11 is 0. The lowest BCUT2D eigenvalue weighted by molar-refractivity contribution is -0.384. The van der Waals surface area contributed by atoms with Crippen molar-refractivity contribution >= 4 is 22.4 Å². The predicted molar refractivity (Wildman–Crippen MR) is 106 cm³/mol. The highest BCUT2D eigenvalue weighted by atomic mass is 16.6. The van der Waals surface area contributed by atoms with Crippen molar-refractivity contribution < 1.29 is 4.92 Å². The Hall–Kier alpha value is -3.67. The molecule has 0 spiro atoms. The third-order valence-corrected chi connectivity index (χ3v) is 4.63. The van der Waals surface area contributed by atoms with Crippen LogP contribution in [0.2, 0.25) is 0 Å². The zero-order valence-corrected chi connectivity index (χ0v) is 14.7. The van der Waals surface area contributed by atoms with E-state index in [9.17, 15) is 10.1 Å². The number of anilines is 1. The third-order valence-electron chi connectivity index (χ3n) is 4.63. The number of para-hydroxylation sites is 1. The van der Waals surface area contributed by atoms with Crippen LogP contribution in [0.5, 0.6) is 0 Å². The van der Waals surface area contributed by atoms with Gasteiger partial charge in [-0.3, -0.25) is 10.1 Å². The van der Waals surface area contributed by atoms with Crippen molar-refractivity contribution in [1.29, 1.82) is 0 Å². The normalized spacial score (nSPS) is 12.0. The summed E-state index contributed by atoms with van der Waals surface area (Å²) in [6.45, 7) is 2.04. The number of fused-ring (bicyclic) bond motifs is 1. The van der Waals surface area contributed by atoms with Crippen molar-refractivity contribution in [3.63, 3.8) is 0 Å². The molecular weight excluding hydrogens is 340 g/mol. The average molecular weight is 358 g/mol. The maximum atomic E-state index is 11.0. The number of rotatable bonds is 5. The standard InChI is InChI=1S/C21H18N4O2/c1-14-20(17-6-2-3-7-18(17)23-14)21(24-19-8-4-5-13-22-19)15-9-11-16(12-10-15)25(26)27/h2-13,21,23H,1H3,(H,22,24). The van der Waals surface area contributed by atoms with E-state index in [4.69, 9.17) is 0 Å². The number of hydrogen-bond acceptors (Lipinski definition) is 4. The highest BCUT2D eigenvalue weighted by Gasteiger charge is 2.22. The molecule has 0 aliphatic heterocycles. The number of hydrogen-bond donors (Lipinski definition) is 2. The van der Waals surface area contributed by atoms with Gasteiger partial charge < -0.3 is 10.3 Å². The summed E-state index contributed by atoms with van der Waals surface area (Å²) in [5.41, 5.74) is 4.21. The molecule has 27 heavy (non-hydrogen) atoms. The van der Waals surface area contributed by atoms with Gasteiger partial charge in [-0.2, -0.15) is 0 Å². The molecule has 0 saturated heterocycles. The molecule has 2 aromatic heterocycles. The number of benzene rings is 2. The van der Waals surface area contributed by atoms with Crippen LogP contribution in [-0.2, 0) is 0 Å². The molecule has 0 aliphatic carbocycles. The topological polar surface area (TPSA) is 83.8 Å². The highest BCUT2D eigenvalue weighted by Crippen LogP contribution is 2.34. The molecule has 6 heteroatoms. The Morgan fingerprint density at radius 2 is 1.78 bits per heavy atom. The number of nitrogens with one attached hydrogen (secondary N) is 2. The number of pyridine rings is 1. The van der Waals surface area contributed by atoms with Crippen LogP contribution < -0.4 is 5.32 Å². The van der Waals surface area contributed by atoms with Crippen LogP contribution in [0.1, 0.15) is 22.9 Å². The van der Waals surface area contributed by atoms with E-state index < -0.39 is 0 Å². The van der Waals surface area contributed by atoms with Crippen LogP contribution in [0.4, 0.5) is 11.5 Å². The summed E-state index contributed by atoms with van der Waals surface area (Å²) in [5, 5.41) is 15.6. The summed E-state index contributed by atoms with van der Waals surface area (Å²) in [5.74, 6) is 0.741. The van der Waals surface area contributed by atoms with E-state index in [1.165, 1.54) is 12.1 Å². The Bertz CT molecular complexity index is 1090. The van der Waals surface area contributed by atoms with Crippen LogP contribution in [0.25, 0.3) is 10.9 Å². The number of aromatic nitrogens is 2. The third kappa shape index (κ3) is 3.25. The fraction of sp³-hybridized carbons (Fsp3) is 0.0952. The second kappa shape index (κ2) is 6.92. The van der Waals surface area contributed by atoms with E-state index in [1.807, 2.05) is 43.3 Å². The Morgan fingerprint density at radius 3 is 2.48 bits per heavy atom. The fourth-order valence-electron chi connectivity index (χ4n) is 3.38. The number of non-ortho nitro benzene ring substituents is 1. The fourth-order valence-corrected chi connectivity index (χ4v) is 3.38. The lowest BCUT2D eigenvalue weighted by Crippen LogP contribution is -2.14. The number of nitrogens with zero attached hydrogens (tertiary/aromatic N) is 2. The van der Waals surface area contributed by atoms with Crippen LogP contribution in [-0.4, -0.2) is 14.9 Å². The molecule has 0 amide bonds. The van der Waals surface area contributed by atoms with Gasteiger partial charge in [-0.05, 0) is 42.8 Å². The predicted octanol–water partition coefficient (Wildman–Crippen LogP) is 4.98. The van der Waals surface area contributed by atoms with E-state index in [0.717, 1.165) is 33.5 Å². The number of nitro benzene ring substituents is 1. The van der Waals surface area contributed by atoms with E-state index in [0.29, 0.717) is 0 Å². The van der Waals surface area contributed by atoms with Crippen LogP contribution >= 0.6 is 0 Å². The van der Waals surface area contributed by atoms with Crippen molar-refractivity contribution in [2.75, 3.05) is 5.32 Å². The molecule has 1 unspecified atom stereocenters. The zero-order valence-electron chi connectivity index (χ0n) is 14.7. The summed E-state index contributed by atoms with van der Waals surface area (Å²) in [6.07, 6.45) is 1.73. The number of aromatic amines is 1. The molecule has 0 radical (unpaired) electrons. The quantitative estimate of drug-likeness (QED) is 0.389. The van der Waals surface area contributed by atoms with Crippen LogP contribution in [0.15, 0.2) is 72.9 Å². The zero-order chi connectivity index (χ0) is 18.8. The largest absolute Gasteiger partial charge is 0.359 e. The van der Waals surface area contributed by atoms with Crippen molar-refractivity contribution in [2.45, 2.75) is 13.0 Å². The number of aryl methyl sites for hydroxylation is 1. The molecule has 4 aromatic rings. The minimum absolute atomic E-state index is 0.0750. The first kappa shape index (κ1) is 16.8. The van der Waals surface area contributed by atoms with Gasteiger partial charge in [0.05, 0.1) is 11.0 Å². The summed E-state index contributed by atoms with van der Waals surface area (Å²) < 4.78 is 0. The molecule has 0 bridgehead atoms. The smallest absolute Gasteiger partial charge is 0.269 e. The van der Waals surface area contributed by atoms with Gasteiger partial charge in [0.15, 0.2) is 0 Å². The Morgan fingerprint density at radius 1 is 1.04 bits per heavy atom. The summed E-state index contributed by atoms with van der Waals surface area (Å²) in [7, 11) is 0. The van der Waals surface area contributed by atoms with Gasteiger partial charge in [0.1, 0.15) is 5.82 Å². The summed E-state index contributed by atoms with van der Waals surface area (Å²) in [4.78, 5) is 18.4. The maximum absolute atomic E-state index is 11.0. The molecule has 0 saturated carbocycles. The highest BCUT2D eigenvalue weighted by molar-refractivity contribution is 5.86. The lowest BCUT2D eigenvalue weighted by atomic mass is 9.95. The molecule has 2 aromatic carbocycles. The first-order chi connectivity index (χ1) is 13.1. The van der Waals surface area contributed by atoms with E-state index in [-0.39, 0.29) is 16.7 Å². The maximum Gasteiger partial charge on any atom is 0.269 e. The van der Waals surface area contributed by atoms with E-state index in [1.54, 1.807) is 18.3 Å². The van der Waals surface area contributed by atoms with Gasteiger partial charge in [-0.25, -0.2) is 4.98 Å². The van der Waals surface area contributed by atoms with Gasteiger partial charge in [0.25, 0.3) is 5.69 Å². The molecule has 2 heterocycles. The molecule has 1 atom stereocenters. The van der Waals surface area contributed by atoms with Crippen LogP contribution in [0.3, 0.4) is 0 Å². The number of nitro groups is 1. The second-order valence-corrected chi connectivity index (χ2v) is 6.35. The first-order valence-corrected chi connectivity index (χ1v) is 8.62. The SMILES string of the molecule is Cc1[nH]c2ccccc2c1C(Nc1ccccn1)c1ccc([N+](=O)[O-])cc1. The number of H-pyrrole nitrogens is 1. The molecule has 2 N–H and O–H groups in total. The Balaban J connectivity index is 1.85. The van der Waals surface area contributed by atoms with Gasteiger partial charge in [-0.1, -0.05) is 24.3 Å². The molecule has 0 fully saturated rings. The first-order valence-electron chi connectivity index (χ1n) is 8.62. The monoisotopic (exact) mass is 358 g/mol. The van der Waals surface area contributed by atoms with Crippen molar-refractivity contribution in [3.8, 4) is 0 Å². The van der Waals surface area contributed by atoms with E-state index in [2.05, 4.69) is 21.4 Å². The minimum atomic E-state index is -0.387. The van der Waals surface area contributed by atoms with Crippen molar-refractivity contribution in [2.24, 2.45) is 0 Å². The Labute approximate surface area is 156 Å². The van der Waals surface area contributed by atoms with Gasteiger partial charge in [0.2, 0.25) is 0 Å². The molecular formula is C21H18N4O2. The van der Waals surface area contributed by atoms with Gasteiger partial charge in [-0.15, -0.1) is 0 Å². The summed E-state index contributed by atoms with van der Waals surface area (Å²) in [6, 6.07) is 20.3. The molecule has 6 nitrogen and oxygen atoms in total. The van der Waals surface area contributed by atoms with Crippen molar-refractivity contribution in [3.05, 3.63) is 99.9 Å². The average Bonchev–Trinajstić information content (AvgIpc) is 3.02. The molecule has 4 rings (SSSR count). The van der Waals surface area contributed by atoms with Crippen molar-refractivity contribution in [1.82, 2.24) is 9.97 Å². The molecule has 134 valence electrons. The van der Waals surface area contributed by atoms with E-state index >= 15 is 0 Å². The molecule has 0 aliphatic rings. The van der Waals surface area contributed by atoms with Gasteiger partial charge >= 0.3 is 0 Å². The second-order valence-electron chi connectivity index (χ2n) is 6.35. The van der Waals surface area contributed by atoms with Gasteiger partial charge in [0, 0.05) is 40.5 Å².